The maximum atomic E-state index is 4.14. The molecule has 0 radical (unpaired) electrons. The van der Waals surface area contributed by atoms with Gasteiger partial charge < -0.3 is 5.48 Å². The van der Waals surface area contributed by atoms with E-state index < -0.39 is 0 Å². The first-order valence-electron chi connectivity index (χ1n) is 0.296. The van der Waals surface area contributed by atoms with E-state index in [-0.39, 0.29) is 55.0 Å². The van der Waals surface area contributed by atoms with Gasteiger partial charge in [0.1, 0.15) is 0 Å². The van der Waals surface area contributed by atoms with Crippen molar-refractivity contribution >= 4 is 19.5 Å². The summed E-state index contributed by atoms with van der Waals surface area (Å²) in [5.74, 6) is 0. The van der Waals surface area contributed by atoms with Gasteiger partial charge >= 0.3 is 49.9 Å². The molecule has 7 heavy (non-hydrogen) atoms. The second-order valence-electron chi connectivity index (χ2n) is 0.0527. The van der Waals surface area contributed by atoms with Crippen LogP contribution in [0.4, 0.5) is 0 Å². The summed E-state index contributed by atoms with van der Waals surface area (Å²) in [5, 5.41) is 0. The van der Waals surface area contributed by atoms with Gasteiger partial charge in [0.05, 0.1) is 0 Å². The molecule has 0 saturated carbocycles. The molecule has 0 heterocycles. The van der Waals surface area contributed by atoms with Crippen molar-refractivity contribution in [1.29, 1.82) is 0 Å². The summed E-state index contributed by atoms with van der Waals surface area (Å²) in [4.78, 5) is 0. The molecule has 0 unspecified atom stereocenters. The summed E-state index contributed by atoms with van der Waals surface area (Å²) in [5.41, 5.74) is 0. The molecule has 58 valence electrons. The predicted octanol–water partition coefficient (Wildman–Crippen LogP) is -0.840. The molecule has 0 saturated heterocycles. The summed E-state index contributed by atoms with van der Waals surface area (Å²) in [7, 11) is 0.958. The Morgan fingerprint density at radius 2 is 1.29 bits per heavy atom. The van der Waals surface area contributed by atoms with Gasteiger partial charge in [-0.05, 0) is 0 Å². The summed E-state index contributed by atoms with van der Waals surface area (Å²) in [6.45, 7) is 0. The van der Waals surface area contributed by atoms with Crippen LogP contribution in [-0.2, 0) is 82.9 Å². The standard InChI is InChI=1S/4Ni.H2O.S2/c;;;;;1-2/h;;;;1H2;/q;;;+2;;. The molecule has 0 aliphatic carbocycles. The van der Waals surface area contributed by atoms with Crippen molar-refractivity contribution in [2.75, 3.05) is 0 Å². The average Bonchev–Trinajstić information content (AvgIpc) is 0.918. The third-order valence-electron chi connectivity index (χ3n) is 0. The van der Waals surface area contributed by atoms with Gasteiger partial charge in [-0.25, -0.2) is 0 Å². The van der Waals surface area contributed by atoms with Crippen LogP contribution in [0.2, 0.25) is 0 Å². The largest absolute Gasteiger partial charge is 2.00 e. The molecular weight excluding hydrogens is 315 g/mol. The first-order chi connectivity index (χ1) is 1.41. The molecule has 0 amide bonds. The van der Waals surface area contributed by atoms with Crippen molar-refractivity contribution < 1.29 is 68.8 Å². The van der Waals surface area contributed by atoms with Crippen LogP contribution >= 0.6 is 0 Å². The van der Waals surface area contributed by atoms with Gasteiger partial charge in [-0.2, -0.15) is 0 Å². The third kappa shape index (κ3) is 60.4. The average molecular weight is 317 g/mol. The Balaban J connectivity index is -0.00000000333. The quantitative estimate of drug-likeness (QED) is 0.536. The van der Waals surface area contributed by atoms with E-state index in [1.54, 1.807) is 0 Å². The van der Waals surface area contributed by atoms with Crippen LogP contribution in [0, 0.1) is 0 Å². The van der Waals surface area contributed by atoms with Gasteiger partial charge in [-0.1, -0.05) is 0 Å². The minimum atomic E-state index is 0. The molecule has 0 aromatic rings. The SMILES string of the molecule is O.S=[S]=[Ni].[Ni+2].[Ni].[Ni]. The summed E-state index contributed by atoms with van der Waals surface area (Å²) in [6.07, 6.45) is 0. The van der Waals surface area contributed by atoms with Gasteiger partial charge in [0, 0.05) is 33.0 Å². The molecule has 0 aromatic carbocycles. The van der Waals surface area contributed by atoms with E-state index in [0.717, 1.165) is 8.35 Å². The van der Waals surface area contributed by atoms with E-state index in [1.807, 2.05) is 0 Å². The zero-order valence-corrected chi connectivity index (χ0v) is 8.16. The van der Waals surface area contributed by atoms with Crippen LogP contribution in [0.1, 0.15) is 0 Å². The van der Waals surface area contributed by atoms with Crippen molar-refractivity contribution in [1.82, 2.24) is 0 Å². The monoisotopic (exact) mass is 314 g/mol. The van der Waals surface area contributed by atoms with Crippen LogP contribution in [0.25, 0.3) is 0 Å². The molecule has 0 aromatic heterocycles. The van der Waals surface area contributed by atoms with Crippen LogP contribution in [0.5, 0.6) is 0 Å². The van der Waals surface area contributed by atoms with Crippen LogP contribution < -0.4 is 0 Å². The van der Waals surface area contributed by atoms with Crippen molar-refractivity contribution in [3.63, 3.8) is 0 Å². The molecular formula is H2Ni4OS2+2. The second kappa shape index (κ2) is 40.0. The Morgan fingerprint density at radius 1 is 1.29 bits per heavy atom. The minimum Gasteiger partial charge on any atom is 0 e. The molecule has 7 heteroatoms. The van der Waals surface area contributed by atoms with E-state index in [0.29, 0.717) is 0 Å². The Morgan fingerprint density at radius 3 is 1.29 bits per heavy atom. The molecule has 0 atom stereocenters. The molecule has 1 nitrogen and oxygen atoms in total. The van der Waals surface area contributed by atoms with E-state index in [2.05, 4.69) is 25.1 Å². The van der Waals surface area contributed by atoms with Crippen molar-refractivity contribution in [2.24, 2.45) is 0 Å². The van der Waals surface area contributed by atoms with Gasteiger partial charge in [-0.15, -0.1) is 0 Å². The Hall–Kier alpha value is 2.37. The molecule has 0 fully saturated rings. The number of rotatable bonds is 0. The van der Waals surface area contributed by atoms with Gasteiger partial charge in [0.2, 0.25) is 0 Å². The van der Waals surface area contributed by atoms with E-state index in [9.17, 15) is 0 Å². The Bertz CT molecular complexity index is 30.7. The summed E-state index contributed by atoms with van der Waals surface area (Å²) in [6, 6.07) is 0. The zero-order chi connectivity index (χ0) is 2.71. The van der Waals surface area contributed by atoms with E-state index >= 15 is 0 Å². The molecule has 0 bridgehead atoms. The predicted molar refractivity (Wildman–Crippen MR) is 18.3 cm³/mol. The molecule has 0 aliphatic heterocycles. The first-order valence-corrected chi connectivity index (χ1v) is 3.10. The van der Waals surface area contributed by atoms with Crippen LogP contribution in [0.3, 0.4) is 0 Å². The molecule has 2 N–H and O–H groups in total. The van der Waals surface area contributed by atoms with Gasteiger partial charge in [-0.3, -0.25) is 0 Å². The second-order valence-corrected chi connectivity index (χ2v) is 1.96. The van der Waals surface area contributed by atoms with Gasteiger partial charge in [0.25, 0.3) is 0 Å². The normalized spacial score (nSPS) is 2.00. The van der Waals surface area contributed by atoms with Crippen molar-refractivity contribution in [3.05, 3.63) is 0 Å². The van der Waals surface area contributed by atoms with Crippen molar-refractivity contribution in [2.45, 2.75) is 0 Å². The fourth-order valence-electron chi connectivity index (χ4n) is 0. The van der Waals surface area contributed by atoms with Crippen molar-refractivity contribution in [3.8, 4) is 0 Å². The zero-order valence-electron chi connectivity index (χ0n) is 2.58. The summed E-state index contributed by atoms with van der Waals surface area (Å²) >= 11 is 8.04. The maximum absolute atomic E-state index is 4.14. The molecule has 0 aliphatic rings. The minimum absolute atomic E-state index is 0. The topological polar surface area (TPSA) is 31.5 Å². The van der Waals surface area contributed by atoms with Crippen LogP contribution in [-0.4, -0.2) is 5.48 Å². The third-order valence-corrected chi connectivity index (χ3v) is 0. The maximum Gasteiger partial charge on any atom is 2.00 e. The Labute approximate surface area is 87.3 Å². The number of hydrogen-bond donors (Lipinski definition) is 0. The Kier molecular flexibility index (Phi) is 196. The van der Waals surface area contributed by atoms with E-state index in [1.165, 1.54) is 0 Å². The van der Waals surface area contributed by atoms with Gasteiger partial charge in [0.15, 0.2) is 0 Å². The molecule has 0 spiro atoms. The molecule has 0 rings (SSSR count). The summed E-state index contributed by atoms with van der Waals surface area (Å²) < 4.78 is 0. The van der Waals surface area contributed by atoms with Crippen LogP contribution in [0.15, 0.2) is 0 Å². The first kappa shape index (κ1) is 34.4. The number of hydrogen-bond acceptors (Lipinski definition) is 1. The van der Waals surface area contributed by atoms with E-state index in [4.69, 9.17) is 0 Å². The fraction of sp³-hybridized carbons (Fsp3) is 0. The fourth-order valence-corrected chi connectivity index (χ4v) is 0. The smallest absolute Gasteiger partial charge is 0 e.